The number of benzene rings is 17. The van der Waals surface area contributed by atoms with Crippen LogP contribution in [0.2, 0.25) is 0 Å². The highest BCUT2D eigenvalue weighted by Crippen LogP contribution is 2.59. The van der Waals surface area contributed by atoms with Crippen LogP contribution in [0.3, 0.4) is 0 Å². The van der Waals surface area contributed by atoms with Gasteiger partial charge in [-0.15, -0.1) is 22.7 Å². The van der Waals surface area contributed by atoms with Crippen LogP contribution >= 0.6 is 22.7 Å². The zero-order chi connectivity index (χ0) is 71.6. The van der Waals surface area contributed by atoms with E-state index in [1.165, 1.54) is 60.1 Å². The monoisotopic (exact) mass is 1430 g/mol. The van der Waals surface area contributed by atoms with Gasteiger partial charge in [-0.1, -0.05) is 237 Å². The Morgan fingerprint density at radius 2 is 0.773 bits per heavy atom. The number of para-hydroxylation sites is 2. The normalized spacial score (nSPS) is 12.7. The van der Waals surface area contributed by atoms with Gasteiger partial charge in [-0.25, -0.2) is 19.9 Å². The van der Waals surface area contributed by atoms with Crippen molar-refractivity contribution < 1.29 is 8.83 Å². The number of rotatable bonds is 7. The lowest BCUT2D eigenvalue weighted by molar-refractivity contribution is 0.669. The van der Waals surface area contributed by atoms with Gasteiger partial charge < -0.3 is 18.6 Å². The second-order valence-corrected chi connectivity index (χ2v) is 31.0. The fraction of sp³-hybridized carbons (Fsp3) is 0. The van der Waals surface area contributed by atoms with Gasteiger partial charge in [0, 0.05) is 108 Å². The summed E-state index contributed by atoms with van der Waals surface area (Å²) in [6.45, 7) is 0. The van der Waals surface area contributed by atoms with Gasteiger partial charge in [0.25, 0.3) is 0 Å². The minimum Gasteiger partial charge on any atom is -0.456 e. The van der Waals surface area contributed by atoms with Crippen molar-refractivity contribution in [3.05, 3.63) is 328 Å². The number of hydrogen-bond acceptors (Lipinski definition) is 10. The molecule has 2 aliphatic heterocycles. The number of anilines is 6. The zero-order valence-electron chi connectivity index (χ0n) is 58.5. The third-order valence-corrected chi connectivity index (χ3v) is 25.5. The molecule has 10 heteroatoms. The molecule has 6 aromatic heterocycles. The van der Waals surface area contributed by atoms with Gasteiger partial charge in [0.1, 0.15) is 22.3 Å². The van der Waals surface area contributed by atoms with Crippen molar-refractivity contribution >= 4 is 195 Å². The lowest BCUT2D eigenvalue weighted by Gasteiger charge is -2.36. The average molecular weight is 1440 g/mol. The SMILES string of the molecule is c1ccc2c3c(ccc2c1)-c1cccc2cccc(c12)N3c1ccc(-c2nc(-c3ccc4c(c3)oc3cccc(-c5ccc6c7c(cccc57)N(c5ccc(-c7nc(-c8cccc9c8oc8ccccc89)c8sc9ccccc9c8n7)c7ccccc57)c5c-6ccc6ccccc56)c34)c3sc4ccccc4c3n2)cc1. The zero-order valence-corrected chi connectivity index (χ0v) is 60.1. The number of fused-ring (bicyclic) bond motifs is 21. The van der Waals surface area contributed by atoms with Crippen molar-refractivity contribution in [1.29, 1.82) is 0 Å². The standard InChI is InChI=1S/C100H54N6O2S2/c1-3-22-61-55(18-1)42-47-71-69-29-13-20-57-21-14-34-80(87(57)69)105(94(61)71)60-45-40-58(41-46-60)99-101-90(97-91(102-99)76-27-8-11-38-85(76)109-97)59-44-49-75-84(54-59)107-83-37-17-31-68(89(75)83)64-50-51-70-72-48-43-56-19-2-4-23-62(56)95(72)106(81-35-16-30-67(64)88(70)81)79-53-52-74(63-24-5-6-25-65(63)79)100-103-92-77-28-9-12-39-86(77)110-98(92)93(104-100)78-33-15-32-73-66-26-7-10-36-82(66)108-96(73)78/h1-54H. The van der Waals surface area contributed by atoms with Crippen molar-refractivity contribution in [3.63, 3.8) is 0 Å². The van der Waals surface area contributed by atoms with Gasteiger partial charge in [-0.05, 0) is 140 Å². The molecule has 0 atom stereocenters. The van der Waals surface area contributed by atoms with Crippen molar-refractivity contribution in [1.82, 2.24) is 19.9 Å². The Balaban J connectivity index is 0.628. The maximum atomic E-state index is 7.09. The van der Waals surface area contributed by atoms with E-state index in [1.807, 2.05) is 12.1 Å². The number of aromatic nitrogens is 4. The van der Waals surface area contributed by atoms with Crippen LogP contribution < -0.4 is 9.80 Å². The first-order chi connectivity index (χ1) is 54.5. The fourth-order valence-corrected chi connectivity index (χ4v) is 20.6. The van der Waals surface area contributed by atoms with E-state index in [-0.39, 0.29) is 0 Å². The lowest BCUT2D eigenvalue weighted by Crippen LogP contribution is -2.16. The minimum atomic E-state index is 0.653. The van der Waals surface area contributed by atoms with Gasteiger partial charge in [-0.3, -0.25) is 0 Å². The summed E-state index contributed by atoms with van der Waals surface area (Å²) >= 11 is 3.47. The smallest absolute Gasteiger partial charge is 0.161 e. The maximum absolute atomic E-state index is 7.09. The third-order valence-electron chi connectivity index (χ3n) is 23.1. The molecular formula is C100H54N6O2S2. The van der Waals surface area contributed by atoms with Gasteiger partial charge in [0.2, 0.25) is 0 Å². The predicted molar refractivity (Wildman–Crippen MR) is 460 cm³/mol. The van der Waals surface area contributed by atoms with E-state index in [1.54, 1.807) is 22.7 Å². The van der Waals surface area contributed by atoms with Crippen LogP contribution in [0.4, 0.5) is 34.1 Å². The molecule has 0 bridgehead atoms. The molecule has 0 radical (unpaired) electrons. The molecule has 0 amide bonds. The molecule has 508 valence electrons. The molecule has 0 N–H and O–H groups in total. The Labute approximate surface area is 635 Å². The molecule has 0 unspecified atom stereocenters. The van der Waals surface area contributed by atoms with E-state index in [0.29, 0.717) is 11.6 Å². The molecule has 25 rings (SSSR count). The first-order valence-electron chi connectivity index (χ1n) is 37.1. The summed E-state index contributed by atoms with van der Waals surface area (Å²) in [6.07, 6.45) is 0. The Morgan fingerprint density at radius 3 is 1.54 bits per heavy atom. The number of furan rings is 2. The van der Waals surface area contributed by atoms with Crippen molar-refractivity contribution in [2.24, 2.45) is 0 Å². The van der Waals surface area contributed by atoms with E-state index in [4.69, 9.17) is 28.8 Å². The largest absolute Gasteiger partial charge is 0.456 e. The summed E-state index contributed by atoms with van der Waals surface area (Å²) in [5.41, 5.74) is 24.3. The summed E-state index contributed by atoms with van der Waals surface area (Å²) in [5, 5.41) is 18.1. The molecule has 110 heavy (non-hydrogen) atoms. The quantitative estimate of drug-likeness (QED) is 0.156. The van der Waals surface area contributed by atoms with Crippen molar-refractivity contribution in [3.8, 4) is 78.7 Å². The van der Waals surface area contributed by atoms with E-state index in [2.05, 4.69) is 325 Å². The summed E-state index contributed by atoms with van der Waals surface area (Å²) in [5.74, 6) is 1.31. The fourth-order valence-electron chi connectivity index (χ4n) is 18.3. The summed E-state index contributed by atoms with van der Waals surface area (Å²) in [4.78, 5) is 27.2. The molecular weight excluding hydrogens is 1380 g/mol. The molecule has 0 saturated carbocycles. The maximum Gasteiger partial charge on any atom is 0.161 e. The molecule has 8 heterocycles. The summed E-state index contributed by atoms with van der Waals surface area (Å²) in [6, 6.07) is 119. The van der Waals surface area contributed by atoms with Crippen molar-refractivity contribution in [2.75, 3.05) is 9.80 Å². The first kappa shape index (κ1) is 60.0. The van der Waals surface area contributed by atoms with Crippen LogP contribution in [-0.4, -0.2) is 19.9 Å². The molecule has 0 fully saturated rings. The Kier molecular flexibility index (Phi) is 12.4. The highest BCUT2D eigenvalue weighted by atomic mass is 32.1. The number of thiophene rings is 2. The van der Waals surface area contributed by atoms with Crippen LogP contribution in [0.15, 0.2) is 336 Å². The van der Waals surface area contributed by atoms with Gasteiger partial charge >= 0.3 is 0 Å². The number of hydrogen-bond donors (Lipinski definition) is 0. The second-order valence-electron chi connectivity index (χ2n) is 28.9. The molecule has 23 aromatic rings. The molecule has 0 aliphatic carbocycles. The van der Waals surface area contributed by atoms with Gasteiger partial charge in [0.15, 0.2) is 11.6 Å². The predicted octanol–water partition coefficient (Wildman–Crippen LogP) is 28.8. The van der Waals surface area contributed by atoms with Crippen LogP contribution in [0.5, 0.6) is 0 Å². The Hall–Kier alpha value is -14.2. The van der Waals surface area contributed by atoms with Crippen LogP contribution in [0, 0.1) is 0 Å². The summed E-state index contributed by atoms with van der Waals surface area (Å²) < 4.78 is 18.2. The van der Waals surface area contributed by atoms with Crippen molar-refractivity contribution in [2.45, 2.75) is 0 Å². The lowest BCUT2D eigenvalue weighted by atomic mass is 9.85. The van der Waals surface area contributed by atoms with Crippen LogP contribution in [-0.2, 0) is 0 Å². The minimum absolute atomic E-state index is 0.653. The Morgan fingerprint density at radius 1 is 0.255 bits per heavy atom. The molecule has 0 saturated heterocycles. The third kappa shape index (κ3) is 8.48. The van der Waals surface area contributed by atoms with E-state index in [0.717, 1.165) is 179 Å². The molecule has 17 aromatic carbocycles. The molecule has 2 aliphatic rings. The van der Waals surface area contributed by atoms with Crippen LogP contribution in [0.25, 0.3) is 217 Å². The van der Waals surface area contributed by atoms with Gasteiger partial charge in [-0.2, -0.15) is 0 Å². The number of nitrogens with zero attached hydrogens (tertiary/aromatic N) is 6. The second kappa shape index (κ2) is 22.7. The topological polar surface area (TPSA) is 84.3 Å². The Bertz CT molecular complexity index is 8020. The van der Waals surface area contributed by atoms with E-state index >= 15 is 0 Å². The molecule has 0 spiro atoms. The highest BCUT2D eigenvalue weighted by Gasteiger charge is 2.33. The van der Waals surface area contributed by atoms with E-state index in [9.17, 15) is 0 Å². The van der Waals surface area contributed by atoms with E-state index < -0.39 is 0 Å². The molecule has 8 nitrogen and oxygen atoms in total. The average Bonchev–Trinajstić information content (AvgIpc) is 0.952. The highest BCUT2D eigenvalue weighted by molar-refractivity contribution is 7.26. The van der Waals surface area contributed by atoms with Crippen LogP contribution in [0.1, 0.15) is 0 Å². The van der Waals surface area contributed by atoms with Gasteiger partial charge in [0.05, 0.1) is 60.3 Å². The first-order valence-corrected chi connectivity index (χ1v) is 38.8. The summed E-state index contributed by atoms with van der Waals surface area (Å²) in [7, 11) is 0.